The molecule has 6 nitrogen and oxygen atoms in total. The van der Waals surface area contributed by atoms with Crippen molar-refractivity contribution in [2.75, 3.05) is 20.2 Å². The third-order valence-corrected chi connectivity index (χ3v) is 4.72. The lowest BCUT2D eigenvalue weighted by molar-refractivity contribution is -0.132. The highest BCUT2D eigenvalue weighted by atomic mass is 35.5. The van der Waals surface area contributed by atoms with Crippen LogP contribution >= 0.6 is 24.0 Å². The Kier molecular flexibility index (Phi) is 6.70. The van der Waals surface area contributed by atoms with E-state index >= 15 is 0 Å². The van der Waals surface area contributed by atoms with Gasteiger partial charge in [-0.25, -0.2) is 0 Å². The molecule has 3 rings (SSSR count). The van der Waals surface area contributed by atoms with Gasteiger partial charge in [0.1, 0.15) is 11.3 Å². The first kappa shape index (κ1) is 19.6. The molecule has 2 N–H and O–H groups in total. The fourth-order valence-corrected chi connectivity index (χ4v) is 3.29. The Labute approximate surface area is 158 Å². The summed E-state index contributed by atoms with van der Waals surface area (Å²) in [6, 6.07) is 7.25. The first-order valence-electron chi connectivity index (χ1n) is 7.97. The molecule has 1 saturated heterocycles. The highest BCUT2D eigenvalue weighted by Gasteiger charge is 2.41. The second kappa shape index (κ2) is 8.56. The summed E-state index contributed by atoms with van der Waals surface area (Å²) < 4.78 is 7.12. The minimum atomic E-state index is -0.644. The van der Waals surface area contributed by atoms with E-state index in [9.17, 15) is 4.79 Å². The van der Waals surface area contributed by atoms with E-state index in [0.717, 1.165) is 18.7 Å². The maximum absolute atomic E-state index is 13.0. The third-order valence-electron chi connectivity index (χ3n) is 4.48. The first-order chi connectivity index (χ1) is 11.7. The molecule has 1 amide bonds. The highest BCUT2D eigenvalue weighted by Crippen LogP contribution is 2.28. The van der Waals surface area contributed by atoms with Gasteiger partial charge in [0.05, 0.1) is 7.11 Å². The fraction of sp³-hybridized carbons (Fsp3) is 0.412. The summed E-state index contributed by atoms with van der Waals surface area (Å²) in [6.07, 6.45) is 4.98. The number of amides is 1. The van der Waals surface area contributed by atoms with Crippen molar-refractivity contribution >= 4 is 29.9 Å². The van der Waals surface area contributed by atoms with E-state index in [-0.39, 0.29) is 18.3 Å². The molecule has 2 heterocycles. The molecule has 0 atom stereocenters. The Morgan fingerprint density at radius 3 is 2.84 bits per heavy atom. The average molecular weight is 385 g/mol. The number of piperidine rings is 1. The van der Waals surface area contributed by atoms with Crippen molar-refractivity contribution < 1.29 is 9.53 Å². The summed E-state index contributed by atoms with van der Waals surface area (Å²) in [5, 5.41) is 11.3. The standard InChI is InChI=1S/C17H21ClN4O2.ClH/c1-24-15-11-14(18)4-3-13(15)12-20-16(23)17(5-8-19-9-6-17)22-10-2-7-21-22;/h2-4,7,10-11,19H,5-6,8-9,12H2,1H3,(H,20,23);1H. The number of hydrogen-bond donors (Lipinski definition) is 2. The van der Waals surface area contributed by atoms with E-state index in [4.69, 9.17) is 16.3 Å². The molecule has 2 aromatic rings. The Morgan fingerprint density at radius 1 is 1.44 bits per heavy atom. The lowest BCUT2D eigenvalue weighted by Gasteiger charge is -2.36. The van der Waals surface area contributed by atoms with Gasteiger partial charge in [-0.15, -0.1) is 12.4 Å². The molecule has 1 aliphatic rings. The van der Waals surface area contributed by atoms with Crippen LogP contribution in [-0.4, -0.2) is 35.9 Å². The molecule has 1 aromatic carbocycles. The van der Waals surface area contributed by atoms with Gasteiger partial charge in [-0.05, 0) is 44.1 Å². The van der Waals surface area contributed by atoms with Crippen LogP contribution in [0.4, 0.5) is 0 Å². The predicted molar refractivity (Wildman–Crippen MR) is 99.4 cm³/mol. The van der Waals surface area contributed by atoms with Crippen LogP contribution < -0.4 is 15.4 Å². The van der Waals surface area contributed by atoms with Crippen molar-refractivity contribution in [3.05, 3.63) is 47.2 Å². The largest absolute Gasteiger partial charge is 0.496 e. The number of ether oxygens (including phenoxy) is 1. The summed E-state index contributed by atoms with van der Waals surface area (Å²) in [4.78, 5) is 13.0. The molecule has 136 valence electrons. The SMILES string of the molecule is COc1cc(Cl)ccc1CNC(=O)C1(n2cccn2)CCNCC1.Cl. The number of hydrogen-bond acceptors (Lipinski definition) is 4. The van der Waals surface area contributed by atoms with E-state index in [1.54, 1.807) is 30.1 Å². The Bertz CT molecular complexity index is 701. The molecule has 0 aliphatic carbocycles. The molecule has 0 radical (unpaired) electrons. The second-order valence-electron chi connectivity index (χ2n) is 5.87. The summed E-state index contributed by atoms with van der Waals surface area (Å²) in [5.74, 6) is 0.644. The quantitative estimate of drug-likeness (QED) is 0.829. The molecule has 8 heteroatoms. The minimum absolute atomic E-state index is 0. The first-order valence-corrected chi connectivity index (χ1v) is 8.35. The van der Waals surface area contributed by atoms with E-state index in [1.165, 1.54) is 0 Å². The van der Waals surface area contributed by atoms with Crippen molar-refractivity contribution in [1.82, 2.24) is 20.4 Å². The van der Waals surface area contributed by atoms with Crippen molar-refractivity contribution in [3.8, 4) is 5.75 Å². The van der Waals surface area contributed by atoms with Gasteiger partial charge < -0.3 is 15.4 Å². The van der Waals surface area contributed by atoms with Gasteiger partial charge in [-0.1, -0.05) is 17.7 Å². The number of methoxy groups -OCH3 is 1. The molecular weight excluding hydrogens is 363 g/mol. The Morgan fingerprint density at radius 2 is 2.20 bits per heavy atom. The number of nitrogens with one attached hydrogen (secondary N) is 2. The summed E-state index contributed by atoms with van der Waals surface area (Å²) >= 11 is 5.98. The topological polar surface area (TPSA) is 68.2 Å². The number of rotatable bonds is 5. The van der Waals surface area contributed by atoms with Gasteiger partial charge >= 0.3 is 0 Å². The van der Waals surface area contributed by atoms with Crippen LogP contribution in [0.25, 0.3) is 0 Å². The van der Waals surface area contributed by atoms with E-state index < -0.39 is 5.54 Å². The van der Waals surface area contributed by atoms with Crippen LogP contribution in [0.15, 0.2) is 36.7 Å². The van der Waals surface area contributed by atoms with Crippen LogP contribution in [0.2, 0.25) is 5.02 Å². The van der Waals surface area contributed by atoms with Crippen molar-refractivity contribution in [3.63, 3.8) is 0 Å². The van der Waals surface area contributed by atoms with Crippen molar-refractivity contribution in [2.45, 2.75) is 24.9 Å². The molecule has 1 fully saturated rings. The zero-order chi connectivity index (χ0) is 17.0. The van der Waals surface area contributed by atoms with E-state index in [1.807, 2.05) is 18.3 Å². The zero-order valence-corrected chi connectivity index (χ0v) is 15.6. The minimum Gasteiger partial charge on any atom is -0.496 e. The van der Waals surface area contributed by atoms with E-state index in [0.29, 0.717) is 30.2 Å². The Hall–Kier alpha value is -1.76. The predicted octanol–water partition coefficient (Wildman–Crippen LogP) is 2.36. The van der Waals surface area contributed by atoms with Crippen LogP contribution in [0.1, 0.15) is 18.4 Å². The molecule has 1 aromatic heterocycles. The third kappa shape index (κ3) is 4.08. The zero-order valence-electron chi connectivity index (χ0n) is 14.0. The van der Waals surface area contributed by atoms with Gasteiger partial charge in [0.2, 0.25) is 5.91 Å². The average Bonchev–Trinajstić information content (AvgIpc) is 3.16. The number of carbonyl (C=O) groups excluding carboxylic acids is 1. The number of nitrogens with zero attached hydrogens (tertiary/aromatic N) is 2. The maximum Gasteiger partial charge on any atom is 0.248 e. The number of halogens is 2. The summed E-state index contributed by atoms with van der Waals surface area (Å²) in [5.41, 5.74) is 0.244. The van der Waals surface area contributed by atoms with Gasteiger partial charge in [0.15, 0.2) is 0 Å². The molecule has 0 unspecified atom stereocenters. The molecule has 25 heavy (non-hydrogen) atoms. The van der Waals surface area contributed by atoms with Crippen LogP contribution in [0.3, 0.4) is 0 Å². The van der Waals surface area contributed by atoms with Crippen LogP contribution in [-0.2, 0) is 16.9 Å². The lowest BCUT2D eigenvalue weighted by atomic mass is 9.87. The summed E-state index contributed by atoms with van der Waals surface area (Å²) in [6.45, 7) is 1.96. The maximum atomic E-state index is 13.0. The van der Waals surface area contributed by atoms with Gasteiger partial charge in [-0.2, -0.15) is 5.10 Å². The lowest BCUT2D eigenvalue weighted by Crippen LogP contribution is -2.54. The van der Waals surface area contributed by atoms with Crippen molar-refractivity contribution in [1.29, 1.82) is 0 Å². The fourth-order valence-electron chi connectivity index (χ4n) is 3.13. The molecular formula is C17H22Cl2N4O2. The second-order valence-corrected chi connectivity index (χ2v) is 6.31. The van der Waals surface area contributed by atoms with Crippen LogP contribution in [0, 0.1) is 0 Å². The van der Waals surface area contributed by atoms with Gasteiger partial charge in [0, 0.05) is 29.5 Å². The van der Waals surface area contributed by atoms with Gasteiger partial charge in [-0.3, -0.25) is 9.48 Å². The smallest absolute Gasteiger partial charge is 0.248 e. The monoisotopic (exact) mass is 384 g/mol. The number of aromatic nitrogens is 2. The summed E-state index contributed by atoms with van der Waals surface area (Å²) in [7, 11) is 1.59. The molecule has 0 spiro atoms. The van der Waals surface area contributed by atoms with E-state index in [2.05, 4.69) is 15.7 Å². The number of carbonyl (C=O) groups is 1. The Balaban J connectivity index is 0.00000225. The van der Waals surface area contributed by atoms with Crippen LogP contribution in [0.5, 0.6) is 5.75 Å². The molecule has 0 saturated carbocycles. The molecule has 1 aliphatic heterocycles. The number of benzene rings is 1. The van der Waals surface area contributed by atoms with Crippen molar-refractivity contribution in [2.24, 2.45) is 0 Å². The highest BCUT2D eigenvalue weighted by molar-refractivity contribution is 6.30. The molecule has 0 bridgehead atoms. The normalized spacial score (nSPS) is 15.9. The van der Waals surface area contributed by atoms with Gasteiger partial charge in [0.25, 0.3) is 0 Å².